The van der Waals surface area contributed by atoms with E-state index < -0.39 is 11.3 Å². The lowest BCUT2D eigenvalue weighted by molar-refractivity contribution is -0.136. The third-order valence-electron chi connectivity index (χ3n) is 1.68. The van der Waals surface area contributed by atoms with Crippen LogP contribution in [0.4, 0.5) is 0 Å². The molecule has 14 heavy (non-hydrogen) atoms. The van der Waals surface area contributed by atoms with Crippen LogP contribution in [-0.2, 0) is 11.8 Å². The second-order valence-corrected chi connectivity index (χ2v) is 4.22. The number of carboxylic acids is 1. The molecule has 0 aliphatic rings. The van der Waals surface area contributed by atoms with E-state index in [1.165, 1.54) is 11.8 Å². The van der Waals surface area contributed by atoms with Gasteiger partial charge in [-0.15, -0.1) is 21.8 Å². The topological polar surface area (TPSA) is 68.0 Å². The molecule has 78 valence electrons. The molecular formula is C7H10ClN3O2S. The van der Waals surface area contributed by atoms with E-state index in [2.05, 4.69) is 10.2 Å². The van der Waals surface area contributed by atoms with E-state index in [0.29, 0.717) is 5.16 Å². The van der Waals surface area contributed by atoms with Crippen molar-refractivity contribution >= 4 is 29.3 Å². The highest BCUT2D eigenvalue weighted by atomic mass is 35.5. The summed E-state index contributed by atoms with van der Waals surface area (Å²) < 4.78 is 1.79. The van der Waals surface area contributed by atoms with Crippen molar-refractivity contribution in [2.45, 2.75) is 17.5 Å². The summed E-state index contributed by atoms with van der Waals surface area (Å²) in [6.07, 6.45) is 0. The van der Waals surface area contributed by atoms with Crippen LogP contribution in [-0.4, -0.2) is 37.0 Å². The van der Waals surface area contributed by atoms with Gasteiger partial charge in [-0.05, 0) is 6.92 Å². The predicted molar refractivity (Wildman–Crippen MR) is 53.7 cm³/mol. The van der Waals surface area contributed by atoms with Crippen molar-refractivity contribution in [2.75, 3.05) is 5.75 Å². The number of halogens is 1. The number of alkyl halides is 1. The van der Waals surface area contributed by atoms with Crippen molar-refractivity contribution in [3.8, 4) is 0 Å². The Kier molecular flexibility index (Phi) is 3.77. The van der Waals surface area contributed by atoms with Crippen molar-refractivity contribution in [3.05, 3.63) is 5.82 Å². The molecule has 0 aromatic carbocycles. The van der Waals surface area contributed by atoms with E-state index in [9.17, 15) is 4.79 Å². The molecule has 0 aliphatic heterocycles. The van der Waals surface area contributed by atoms with Gasteiger partial charge in [-0.1, -0.05) is 11.8 Å². The first-order valence-electron chi connectivity index (χ1n) is 3.88. The molecule has 0 aliphatic carbocycles. The van der Waals surface area contributed by atoms with E-state index in [1.54, 1.807) is 4.57 Å². The number of thioether (sulfide) groups is 1. The lowest BCUT2D eigenvalue weighted by atomic mass is 10.5. The average Bonchev–Trinajstić information content (AvgIpc) is 2.44. The van der Waals surface area contributed by atoms with Crippen LogP contribution in [0, 0.1) is 6.92 Å². The summed E-state index contributed by atoms with van der Waals surface area (Å²) in [5.41, 5.74) is 0. The summed E-state index contributed by atoms with van der Waals surface area (Å²) >= 11 is 6.83. The van der Waals surface area contributed by atoms with Crippen molar-refractivity contribution in [1.82, 2.24) is 14.8 Å². The Hall–Kier alpha value is -0.750. The fraction of sp³-hybridized carbons (Fsp3) is 0.571. The highest BCUT2D eigenvalue weighted by Crippen LogP contribution is 2.18. The van der Waals surface area contributed by atoms with E-state index in [0.717, 1.165) is 5.82 Å². The fourth-order valence-electron chi connectivity index (χ4n) is 0.732. The summed E-state index contributed by atoms with van der Waals surface area (Å²) in [4.78, 5) is 10.4. The molecule has 0 saturated heterocycles. The fourth-order valence-corrected chi connectivity index (χ4v) is 1.78. The molecule has 1 rings (SSSR count). The smallest absolute Gasteiger partial charge is 0.322 e. The third-order valence-corrected chi connectivity index (χ3v) is 3.32. The lowest BCUT2D eigenvalue weighted by Gasteiger charge is -2.03. The summed E-state index contributed by atoms with van der Waals surface area (Å²) in [7, 11) is 1.82. The van der Waals surface area contributed by atoms with Gasteiger partial charge < -0.3 is 9.67 Å². The van der Waals surface area contributed by atoms with Gasteiger partial charge in [-0.25, -0.2) is 0 Å². The number of aryl methyl sites for hydroxylation is 1. The first kappa shape index (κ1) is 11.3. The van der Waals surface area contributed by atoms with Crippen LogP contribution in [0.1, 0.15) is 5.82 Å². The SMILES string of the molecule is Cc1nnc(SCC(Cl)C(=O)O)n1C. The number of carboxylic acid groups (broad SMARTS) is 1. The van der Waals surface area contributed by atoms with Crippen LogP contribution in [0.25, 0.3) is 0 Å². The first-order valence-corrected chi connectivity index (χ1v) is 5.30. The standard InChI is InChI=1S/C7H10ClN3O2S/c1-4-9-10-7(11(4)2)14-3-5(8)6(12)13/h5H,3H2,1-2H3,(H,12,13). The first-order chi connectivity index (χ1) is 6.52. The molecule has 0 fully saturated rings. The van der Waals surface area contributed by atoms with E-state index >= 15 is 0 Å². The van der Waals surface area contributed by atoms with Gasteiger partial charge in [0.1, 0.15) is 11.2 Å². The molecule has 1 N–H and O–H groups in total. The number of nitrogens with zero attached hydrogens (tertiary/aromatic N) is 3. The molecule has 1 aromatic heterocycles. The second kappa shape index (κ2) is 4.65. The van der Waals surface area contributed by atoms with Crippen LogP contribution in [0.5, 0.6) is 0 Å². The van der Waals surface area contributed by atoms with Gasteiger partial charge in [0.15, 0.2) is 5.16 Å². The van der Waals surface area contributed by atoms with Gasteiger partial charge >= 0.3 is 5.97 Å². The van der Waals surface area contributed by atoms with Gasteiger partial charge in [0.05, 0.1) is 0 Å². The maximum atomic E-state index is 10.4. The molecule has 0 amide bonds. The normalized spacial score (nSPS) is 12.8. The zero-order valence-corrected chi connectivity index (χ0v) is 9.34. The number of rotatable bonds is 4. The molecular weight excluding hydrogens is 226 g/mol. The Balaban J connectivity index is 2.54. The van der Waals surface area contributed by atoms with Crippen LogP contribution in [0.15, 0.2) is 5.16 Å². The van der Waals surface area contributed by atoms with E-state index in [-0.39, 0.29) is 5.75 Å². The summed E-state index contributed by atoms with van der Waals surface area (Å²) in [5.74, 6) is 0.0510. The van der Waals surface area contributed by atoms with Gasteiger partial charge in [0.2, 0.25) is 0 Å². The largest absolute Gasteiger partial charge is 0.480 e. The van der Waals surface area contributed by atoms with Crippen LogP contribution < -0.4 is 0 Å². The minimum absolute atomic E-state index is 0.281. The minimum Gasteiger partial charge on any atom is -0.480 e. The van der Waals surface area contributed by atoms with Crippen LogP contribution in [0.2, 0.25) is 0 Å². The van der Waals surface area contributed by atoms with Crippen LogP contribution >= 0.6 is 23.4 Å². The molecule has 1 atom stereocenters. The van der Waals surface area contributed by atoms with Crippen molar-refractivity contribution in [1.29, 1.82) is 0 Å². The molecule has 0 spiro atoms. The van der Waals surface area contributed by atoms with Gasteiger partial charge in [-0.2, -0.15) is 0 Å². The maximum absolute atomic E-state index is 10.4. The molecule has 1 unspecified atom stereocenters. The van der Waals surface area contributed by atoms with Crippen molar-refractivity contribution in [3.63, 3.8) is 0 Å². The molecule has 0 saturated carbocycles. The molecule has 1 aromatic rings. The highest BCUT2D eigenvalue weighted by molar-refractivity contribution is 7.99. The monoisotopic (exact) mass is 235 g/mol. The Morgan fingerprint density at radius 3 is 2.79 bits per heavy atom. The van der Waals surface area contributed by atoms with Crippen molar-refractivity contribution in [2.24, 2.45) is 7.05 Å². The number of hydrogen-bond donors (Lipinski definition) is 1. The summed E-state index contributed by atoms with van der Waals surface area (Å²) in [5, 5.41) is 16.0. The lowest BCUT2D eigenvalue weighted by Crippen LogP contribution is -2.16. The maximum Gasteiger partial charge on any atom is 0.322 e. The Bertz CT molecular complexity index is 342. The number of aliphatic carboxylic acids is 1. The van der Waals surface area contributed by atoms with Gasteiger partial charge in [0.25, 0.3) is 0 Å². The Labute approximate surface area is 90.5 Å². The van der Waals surface area contributed by atoms with Crippen LogP contribution in [0.3, 0.4) is 0 Å². The summed E-state index contributed by atoms with van der Waals surface area (Å²) in [6.45, 7) is 1.83. The van der Waals surface area contributed by atoms with Gasteiger partial charge in [0, 0.05) is 12.8 Å². The molecule has 7 heteroatoms. The second-order valence-electron chi connectivity index (χ2n) is 2.71. The Morgan fingerprint density at radius 1 is 1.71 bits per heavy atom. The van der Waals surface area contributed by atoms with Gasteiger partial charge in [-0.3, -0.25) is 4.79 Å². The zero-order chi connectivity index (χ0) is 10.7. The quantitative estimate of drug-likeness (QED) is 0.621. The average molecular weight is 236 g/mol. The zero-order valence-electron chi connectivity index (χ0n) is 7.77. The summed E-state index contributed by atoms with van der Waals surface area (Å²) in [6, 6.07) is 0. The molecule has 0 bridgehead atoms. The number of carbonyl (C=O) groups is 1. The number of aromatic nitrogens is 3. The predicted octanol–water partition coefficient (Wildman–Crippen LogP) is 0.908. The van der Waals surface area contributed by atoms with Crippen molar-refractivity contribution < 1.29 is 9.90 Å². The molecule has 0 radical (unpaired) electrons. The van der Waals surface area contributed by atoms with E-state index in [4.69, 9.17) is 16.7 Å². The third kappa shape index (κ3) is 2.62. The Morgan fingerprint density at radius 2 is 2.36 bits per heavy atom. The minimum atomic E-state index is -1.02. The van der Waals surface area contributed by atoms with E-state index in [1.807, 2.05) is 14.0 Å². The number of hydrogen-bond acceptors (Lipinski definition) is 4. The molecule has 5 nitrogen and oxygen atoms in total. The highest BCUT2D eigenvalue weighted by Gasteiger charge is 2.15. The molecule has 1 heterocycles.